The van der Waals surface area contributed by atoms with E-state index in [4.69, 9.17) is 4.74 Å². The highest BCUT2D eigenvalue weighted by Gasteiger charge is 2.86. The fraction of sp³-hybridized carbons (Fsp3) is 0.952. The Morgan fingerprint density at radius 2 is 1.87 bits per heavy atom. The van der Waals surface area contributed by atoms with Crippen molar-refractivity contribution in [3.8, 4) is 0 Å². The molecule has 0 amide bonds. The lowest BCUT2D eigenvalue weighted by Crippen LogP contribution is -2.55. The number of carbonyl (C=O) groups excluding carboxylic acids is 1. The van der Waals surface area contributed by atoms with Crippen LogP contribution in [0.2, 0.25) is 0 Å². The van der Waals surface area contributed by atoms with Crippen molar-refractivity contribution in [1.82, 2.24) is 0 Å². The summed E-state index contributed by atoms with van der Waals surface area (Å²) < 4.78 is 6.60. The zero-order valence-corrected chi connectivity index (χ0v) is 14.8. The molecular weight excluding hydrogens is 284 g/mol. The number of esters is 1. The van der Waals surface area contributed by atoms with Gasteiger partial charge in [0.25, 0.3) is 0 Å². The molecule has 0 aromatic rings. The molecule has 1 spiro atoms. The highest BCUT2D eigenvalue weighted by atomic mass is 16.6. The molecule has 0 radical (unpaired) electrons. The Bertz CT molecular complexity index is 609. The van der Waals surface area contributed by atoms with E-state index in [0.29, 0.717) is 5.41 Å². The van der Waals surface area contributed by atoms with E-state index >= 15 is 0 Å². The SMILES string of the molecule is CCC(C)(C)C(=O)OC12CC3CC4C5CC6CC1C5C4(C3)C2C6. The molecule has 0 saturated heterocycles. The van der Waals surface area contributed by atoms with Gasteiger partial charge in [-0.2, -0.15) is 0 Å². The van der Waals surface area contributed by atoms with Gasteiger partial charge in [0.15, 0.2) is 0 Å². The van der Waals surface area contributed by atoms with Crippen molar-refractivity contribution in [3.05, 3.63) is 0 Å². The van der Waals surface area contributed by atoms with E-state index < -0.39 is 0 Å². The molecule has 0 heterocycles. The molecule has 2 nitrogen and oxygen atoms in total. The molecule has 9 atom stereocenters. The van der Waals surface area contributed by atoms with Crippen LogP contribution in [0.25, 0.3) is 0 Å². The van der Waals surface area contributed by atoms with Crippen molar-refractivity contribution in [2.45, 2.75) is 71.3 Å². The maximum Gasteiger partial charge on any atom is 0.312 e. The van der Waals surface area contributed by atoms with E-state index in [1.807, 2.05) is 0 Å². The number of rotatable bonds is 3. The fourth-order valence-electron chi connectivity index (χ4n) is 9.11. The first kappa shape index (κ1) is 13.7. The fourth-order valence-corrected chi connectivity index (χ4v) is 9.11. The number of hydrogen-bond acceptors (Lipinski definition) is 2. The van der Waals surface area contributed by atoms with Crippen LogP contribution in [0.15, 0.2) is 0 Å². The molecule has 23 heavy (non-hydrogen) atoms. The molecule has 6 rings (SSSR count). The molecule has 6 aliphatic rings. The van der Waals surface area contributed by atoms with Gasteiger partial charge >= 0.3 is 5.97 Å². The second-order valence-corrected chi connectivity index (χ2v) is 10.7. The summed E-state index contributed by atoms with van der Waals surface area (Å²) in [6.07, 6.45) is 9.31. The Balaban J connectivity index is 1.45. The van der Waals surface area contributed by atoms with Crippen molar-refractivity contribution in [2.75, 3.05) is 0 Å². The molecule has 0 aliphatic heterocycles. The van der Waals surface area contributed by atoms with E-state index in [9.17, 15) is 4.79 Å². The van der Waals surface area contributed by atoms with Crippen LogP contribution in [-0.4, -0.2) is 11.6 Å². The van der Waals surface area contributed by atoms with Crippen LogP contribution < -0.4 is 0 Å². The van der Waals surface area contributed by atoms with Gasteiger partial charge in [0.05, 0.1) is 5.41 Å². The van der Waals surface area contributed by atoms with Crippen molar-refractivity contribution in [2.24, 2.45) is 52.3 Å². The Morgan fingerprint density at radius 3 is 2.65 bits per heavy atom. The molecule has 6 fully saturated rings. The minimum atomic E-state index is -0.318. The standard InChI is InChI=1S/C21H30O2/c1-4-19(2,3)18(22)23-21-10-12-7-14-13-5-11-6-15(21)17(13)20(14,9-12)16(21)8-11/h11-17H,4-10H2,1-3H3. The lowest BCUT2D eigenvalue weighted by atomic mass is 9.45. The Labute approximate surface area is 139 Å². The maximum absolute atomic E-state index is 13.0. The second-order valence-electron chi connectivity index (χ2n) is 10.7. The summed E-state index contributed by atoms with van der Waals surface area (Å²) in [4.78, 5) is 13.0. The average Bonchev–Trinajstić information content (AvgIpc) is 2.68. The van der Waals surface area contributed by atoms with E-state index in [0.717, 1.165) is 47.8 Å². The zero-order chi connectivity index (χ0) is 15.8. The Morgan fingerprint density at radius 1 is 1.09 bits per heavy atom. The van der Waals surface area contributed by atoms with Crippen LogP contribution in [0.1, 0.15) is 65.7 Å². The summed E-state index contributed by atoms with van der Waals surface area (Å²) in [7, 11) is 0. The van der Waals surface area contributed by atoms with E-state index in [1.165, 1.54) is 38.5 Å². The largest absolute Gasteiger partial charge is 0.458 e. The van der Waals surface area contributed by atoms with Crippen LogP contribution in [0.3, 0.4) is 0 Å². The molecule has 6 aliphatic carbocycles. The van der Waals surface area contributed by atoms with Crippen LogP contribution in [0.4, 0.5) is 0 Å². The number of carbonyl (C=O) groups is 1. The summed E-state index contributed by atoms with van der Waals surface area (Å²) >= 11 is 0. The summed E-state index contributed by atoms with van der Waals surface area (Å²) in [5, 5.41) is 0. The first-order valence-corrected chi connectivity index (χ1v) is 10.2. The molecule has 0 aromatic heterocycles. The lowest BCUT2D eigenvalue weighted by Gasteiger charge is -2.59. The quantitative estimate of drug-likeness (QED) is 0.721. The van der Waals surface area contributed by atoms with Gasteiger partial charge in [0.1, 0.15) is 5.60 Å². The van der Waals surface area contributed by atoms with Gasteiger partial charge in [0, 0.05) is 11.8 Å². The predicted octanol–water partition coefficient (Wildman–Crippen LogP) is 4.43. The van der Waals surface area contributed by atoms with Gasteiger partial charge < -0.3 is 4.74 Å². The van der Waals surface area contributed by atoms with Crippen LogP contribution in [0, 0.1) is 52.3 Å². The van der Waals surface area contributed by atoms with Crippen molar-refractivity contribution in [3.63, 3.8) is 0 Å². The molecule has 0 N–H and O–H groups in total. The van der Waals surface area contributed by atoms with Crippen molar-refractivity contribution in [1.29, 1.82) is 0 Å². The molecule has 126 valence electrons. The minimum Gasteiger partial charge on any atom is -0.458 e. The maximum atomic E-state index is 13.0. The molecular formula is C21H30O2. The van der Waals surface area contributed by atoms with Gasteiger partial charge in [-0.25, -0.2) is 0 Å². The van der Waals surface area contributed by atoms with Gasteiger partial charge in [-0.3, -0.25) is 4.79 Å². The predicted molar refractivity (Wildman–Crippen MR) is 87.5 cm³/mol. The molecule has 0 aromatic carbocycles. The zero-order valence-electron chi connectivity index (χ0n) is 14.8. The minimum absolute atomic E-state index is 0.0441. The van der Waals surface area contributed by atoms with Crippen LogP contribution >= 0.6 is 0 Å². The van der Waals surface area contributed by atoms with E-state index in [1.54, 1.807) is 0 Å². The molecule has 9 unspecified atom stereocenters. The second kappa shape index (κ2) is 3.68. The Hall–Kier alpha value is -0.530. The smallest absolute Gasteiger partial charge is 0.312 e. The number of fused-ring (bicyclic) bond motifs is 3. The molecule has 6 bridgehead atoms. The van der Waals surface area contributed by atoms with Gasteiger partial charge in [-0.15, -0.1) is 0 Å². The summed E-state index contributed by atoms with van der Waals surface area (Å²) in [6, 6.07) is 0. The third kappa shape index (κ3) is 1.23. The number of hydrogen-bond donors (Lipinski definition) is 0. The average molecular weight is 314 g/mol. The van der Waals surface area contributed by atoms with E-state index in [-0.39, 0.29) is 17.0 Å². The van der Waals surface area contributed by atoms with E-state index in [2.05, 4.69) is 20.8 Å². The van der Waals surface area contributed by atoms with Gasteiger partial charge in [-0.1, -0.05) is 6.92 Å². The third-order valence-electron chi connectivity index (χ3n) is 9.91. The first-order chi connectivity index (χ1) is 10.9. The van der Waals surface area contributed by atoms with Crippen molar-refractivity contribution < 1.29 is 9.53 Å². The van der Waals surface area contributed by atoms with Crippen LogP contribution in [0.5, 0.6) is 0 Å². The highest BCUT2D eigenvalue weighted by Crippen LogP contribution is 2.88. The highest BCUT2D eigenvalue weighted by molar-refractivity contribution is 5.76. The van der Waals surface area contributed by atoms with Gasteiger partial charge in [-0.05, 0) is 93.8 Å². The van der Waals surface area contributed by atoms with Crippen LogP contribution in [-0.2, 0) is 9.53 Å². The van der Waals surface area contributed by atoms with Gasteiger partial charge in [0.2, 0.25) is 0 Å². The summed E-state index contributed by atoms with van der Waals surface area (Å²) in [6.45, 7) is 6.26. The topological polar surface area (TPSA) is 26.3 Å². The Kier molecular flexibility index (Phi) is 2.19. The summed E-state index contributed by atoms with van der Waals surface area (Å²) in [5.74, 6) is 6.32. The first-order valence-electron chi connectivity index (χ1n) is 10.2. The monoisotopic (exact) mass is 314 g/mol. The lowest BCUT2D eigenvalue weighted by molar-refractivity contribution is -0.197. The van der Waals surface area contributed by atoms with Crippen molar-refractivity contribution >= 4 is 5.97 Å². The summed E-state index contributed by atoms with van der Waals surface area (Å²) in [5.41, 5.74) is 0.263. The molecule has 2 heteroatoms. The third-order valence-corrected chi connectivity index (χ3v) is 9.91. The number of ether oxygens (including phenoxy) is 1. The normalized spacial score (nSPS) is 60.0. The molecule has 6 saturated carbocycles.